The third kappa shape index (κ3) is 8.94. The van der Waals surface area contributed by atoms with E-state index in [1.807, 2.05) is 0 Å². The van der Waals surface area contributed by atoms with Crippen LogP contribution in [0.25, 0.3) is 0 Å². The number of carbonyl (C=O) groups is 2. The fourth-order valence-electron chi connectivity index (χ4n) is 4.18. The Bertz CT molecular complexity index is 765. The number of rotatable bonds is 11. The average molecular weight is 472 g/mol. The fourth-order valence-corrected chi connectivity index (χ4v) is 4.18. The van der Waals surface area contributed by atoms with Gasteiger partial charge in [-0.2, -0.15) is 13.2 Å². The first-order valence-electron chi connectivity index (χ1n) is 11.6. The molecule has 0 aliphatic heterocycles. The molecule has 0 aromatic heterocycles. The molecule has 0 heterocycles. The Morgan fingerprint density at radius 1 is 1.06 bits per heavy atom. The van der Waals surface area contributed by atoms with Gasteiger partial charge in [-0.05, 0) is 62.4 Å². The van der Waals surface area contributed by atoms with Crippen LogP contribution in [-0.4, -0.2) is 37.0 Å². The highest BCUT2D eigenvalue weighted by molar-refractivity contribution is 5.97. The number of amides is 2. The van der Waals surface area contributed by atoms with Crippen LogP contribution in [0.1, 0.15) is 56.9 Å². The molecule has 1 aliphatic carbocycles. The maximum atomic E-state index is 13.0. The van der Waals surface area contributed by atoms with E-state index in [0.29, 0.717) is 25.4 Å². The predicted octanol–water partition coefficient (Wildman–Crippen LogP) is 2.74. The molecule has 10 heteroatoms. The van der Waals surface area contributed by atoms with Gasteiger partial charge in [0.1, 0.15) is 6.04 Å². The third-order valence-corrected chi connectivity index (χ3v) is 6.27. The van der Waals surface area contributed by atoms with Crippen LogP contribution in [-0.2, 0) is 15.8 Å². The maximum Gasteiger partial charge on any atom is 0.416 e. The second-order valence-corrected chi connectivity index (χ2v) is 8.89. The zero-order chi connectivity index (χ0) is 24.4. The Balaban J connectivity index is 2.08. The van der Waals surface area contributed by atoms with Crippen LogP contribution in [0.5, 0.6) is 0 Å². The monoisotopic (exact) mass is 471 g/mol. The van der Waals surface area contributed by atoms with Crippen LogP contribution >= 0.6 is 0 Å². The van der Waals surface area contributed by atoms with Gasteiger partial charge >= 0.3 is 6.18 Å². The summed E-state index contributed by atoms with van der Waals surface area (Å²) in [4.78, 5) is 25.6. The van der Waals surface area contributed by atoms with Crippen LogP contribution < -0.4 is 27.8 Å². The first-order valence-corrected chi connectivity index (χ1v) is 11.6. The SMILES string of the molecule is NCC(CN)C[C@H](N)C(=O)NC(CCC1CCCCC1)C(=O)Nc1cccc(C(F)(F)F)c1. The topological polar surface area (TPSA) is 136 Å². The Morgan fingerprint density at radius 3 is 2.33 bits per heavy atom. The van der Waals surface area contributed by atoms with Gasteiger partial charge in [0.25, 0.3) is 0 Å². The quantitative estimate of drug-likeness (QED) is 0.338. The summed E-state index contributed by atoms with van der Waals surface area (Å²) in [5, 5.41) is 5.21. The molecular weight excluding hydrogens is 435 g/mol. The van der Waals surface area contributed by atoms with E-state index in [0.717, 1.165) is 44.2 Å². The number of nitrogens with two attached hydrogens (primary N) is 3. The number of carbonyl (C=O) groups excluding carboxylic acids is 2. The molecule has 0 radical (unpaired) electrons. The normalized spacial score (nSPS) is 16.9. The van der Waals surface area contributed by atoms with E-state index in [2.05, 4.69) is 10.6 Å². The van der Waals surface area contributed by atoms with E-state index in [1.54, 1.807) is 0 Å². The van der Waals surface area contributed by atoms with Gasteiger partial charge in [0, 0.05) is 5.69 Å². The molecule has 33 heavy (non-hydrogen) atoms. The van der Waals surface area contributed by atoms with Crippen molar-refractivity contribution in [3.63, 3.8) is 0 Å². The molecule has 1 fully saturated rings. The first-order chi connectivity index (χ1) is 15.6. The van der Waals surface area contributed by atoms with Crippen molar-refractivity contribution in [2.24, 2.45) is 29.0 Å². The van der Waals surface area contributed by atoms with Crippen molar-refractivity contribution in [3.05, 3.63) is 29.8 Å². The molecule has 0 bridgehead atoms. The van der Waals surface area contributed by atoms with Crippen molar-refractivity contribution in [2.75, 3.05) is 18.4 Å². The second-order valence-electron chi connectivity index (χ2n) is 8.89. The van der Waals surface area contributed by atoms with E-state index in [1.165, 1.54) is 18.6 Å². The van der Waals surface area contributed by atoms with Crippen LogP contribution in [0.15, 0.2) is 24.3 Å². The standard InChI is InChI=1S/C23H36F3N5O2/c24-23(25,26)17-7-4-8-18(12-17)30-22(33)20(10-9-15-5-2-1-3-6-15)31-21(32)19(29)11-16(13-27)14-28/h4,7-8,12,15-16,19-20H,1-3,5-6,9-11,13-14,27-29H2,(H,30,33)(H,31,32)/t19-,20?/m0/s1. The van der Waals surface area contributed by atoms with Crippen molar-refractivity contribution in [1.29, 1.82) is 0 Å². The fraction of sp³-hybridized carbons (Fsp3) is 0.652. The zero-order valence-electron chi connectivity index (χ0n) is 18.9. The van der Waals surface area contributed by atoms with E-state index >= 15 is 0 Å². The first kappa shape index (κ1) is 27.1. The Kier molecular flexibility index (Phi) is 10.6. The summed E-state index contributed by atoms with van der Waals surface area (Å²) in [7, 11) is 0. The van der Waals surface area contributed by atoms with Crippen molar-refractivity contribution < 1.29 is 22.8 Å². The highest BCUT2D eigenvalue weighted by Gasteiger charge is 2.31. The molecule has 2 rings (SSSR count). The summed E-state index contributed by atoms with van der Waals surface area (Å²) < 4.78 is 39.0. The second kappa shape index (κ2) is 12.9. The van der Waals surface area contributed by atoms with Crippen molar-refractivity contribution in [2.45, 2.75) is 69.6 Å². The molecule has 7 nitrogen and oxygen atoms in total. The van der Waals surface area contributed by atoms with Crippen LogP contribution in [0.2, 0.25) is 0 Å². The van der Waals surface area contributed by atoms with Gasteiger partial charge in [0.05, 0.1) is 11.6 Å². The Labute approximate surface area is 193 Å². The molecular formula is C23H36F3N5O2. The summed E-state index contributed by atoms with van der Waals surface area (Å²) in [6.45, 7) is 0.581. The summed E-state index contributed by atoms with van der Waals surface area (Å²) >= 11 is 0. The molecule has 2 amide bonds. The Hall–Kier alpha value is -2.17. The number of nitrogens with one attached hydrogen (secondary N) is 2. The highest BCUT2D eigenvalue weighted by atomic mass is 19.4. The third-order valence-electron chi connectivity index (χ3n) is 6.27. The molecule has 1 aliphatic rings. The van der Waals surface area contributed by atoms with Crippen LogP contribution in [0, 0.1) is 11.8 Å². The lowest BCUT2D eigenvalue weighted by Gasteiger charge is -2.26. The Morgan fingerprint density at radius 2 is 1.73 bits per heavy atom. The van der Waals surface area contributed by atoms with E-state index in [-0.39, 0.29) is 18.0 Å². The molecule has 2 atom stereocenters. The summed E-state index contributed by atoms with van der Waals surface area (Å²) in [5.74, 6) is -0.730. The van der Waals surface area contributed by atoms with Crippen molar-refractivity contribution in [1.82, 2.24) is 5.32 Å². The summed E-state index contributed by atoms with van der Waals surface area (Å²) in [6, 6.07) is 2.62. The van der Waals surface area contributed by atoms with Gasteiger partial charge in [0.15, 0.2) is 0 Å². The van der Waals surface area contributed by atoms with Gasteiger partial charge < -0.3 is 27.8 Å². The molecule has 8 N–H and O–H groups in total. The summed E-state index contributed by atoms with van der Waals surface area (Å²) in [5.41, 5.74) is 16.4. The molecule has 1 aromatic rings. The molecule has 1 aromatic carbocycles. The number of hydrogen-bond acceptors (Lipinski definition) is 5. The highest BCUT2D eigenvalue weighted by Crippen LogP contribution is 2.31. The van der Waals surface area contributed by atoms with Crippen LogP contribution in [0.4, 0.5) is 18.9 Å². The minimum Gasteiger partial charge on any atom is -0.343 e. The van der Waals surface area contributed by atoms with Crippen LogP contribution in [0.3, 0.4) is 0 Å². The molecule has 0 saturated heterocycles. The number of alkyl halides is 3. The average Bonchev–Trinajstić information content (AvgIpc) is 2.80. The van der Waals surface area contributed by atoms with Gasteiger partial charge in [-0.1, -0.05) is 38.2 Å². The van der Waals surface area contributed by atoms with E-state index < -0.39 is 35.6 Å². The lowest BCUT2D eigenvalue weighted by Crippen LogP contribution is -2.51. The number of halogens is 3. The molecule has 186 valence electrons. The molecule has 1 saturated carbocycles. The van der Waals surface area contributed by atoms with Gasteiger partial charge in [0.2, 0.25) is 11.8 Å². The number of hydrogen-bond donors (Lipinski definition) is 5. The van der Waals surface area contributed by atoms with Gasteiger partial charge in [-0.3, -0.25) is 9.59 Å². The minimum atomic E-state index is -4.52. The molecule has 0 spiro atoms. The van der Waals surface area contributed by atoms with E-state index in [9.17, 15) is 22.8 Å². The number of benzene rings is 1. The van der Waals surface area contributed by atoms with Gasteiger partial charge in [-0.15, -0.1) is 0 Å². The van der Waals surface area contributed by atoms with E-state index in [4.69, 9.17) is 17.2 Å². The largest absolute Gasteiger partial charge is 0.416 e. The van der Waals surface area contributed by atoms with Gasteiger partial charge in [-0.25, -0.2) is 0 Å². The predicted molar refractivity (Wildman–Crippen MR) is 122 cm³/mol. The smallest absolute Gasteiger partial charge is 0.343 e. The lowest BCUT2D eigenvalue weighted by atomic mass is 9.85. The maximum absolute atomic E-state index is 13.0. The zero-order valence-corrected chi connectivity index (χ0v) is 18.9. The van der Waals surface area contributed by atoms with Crippen molar-refractivity contribution >= 4 is 17.5 Å². The lowest BCUT2D eigenvalue weighted by molar-refractivity contribution is -0.137. The van der Waals surface area contributed by atoms with Crippen molar-refractivity contribution in [3.8, 4) is 0 Å². The summed E-state index contributed by atoms with van der Waals surface area (Å²) in [6.07, 6.45) is 2.51. The molecule has 1 unspecified atom stereocenters. The minimum absolute atomic E-state index is 0.0161. The number of anilines is 1.